The second-order valence-electron chi connectivity index (χ2n) is 6.03. The molecule has 1 heterocycles. The number of amides is 1. The van der Waals surface area contributed by atoms with Crippen LogP contribution in [0.5, 0.6) is 5.75 Å². The molecule has 3 rings (SSSR count). The van der Waals surface area contributed by atoms with E-state index in [-0.39, 0.29) is 24.0 Å². The number of carbonyl (C=O) groups is 1. The van der Waals surface area contributed by atoms with Crippen LogP contribution in [0.1, 0.15) is 31.5 Å². The fraction of sp³-hybridized carbons (Fsp3) is 0.200. The molecule has 2 aromatic carbocycles. The summed E-state index contributed by atoms with van der Waals surface area (Å²) in [4.78, 5) is 17.4. The molecule has 0 saturated heterocycles. The van der Waals surface area contributed by atoms with E-state index in [9.17, 15) is 18.0 Å². The van der Waals surface area contributed by atoms with E-state index < -0.39 is 6.61 Å². The zero-order chi connectivity index (χ0) is 20.1. The van der Waals surface area contributed by atoms with Crippen LogP contribution < -0.4 is 10.1 Å². The van der Waals surface area contributed by atoms with Crippen molar-refractivity contribution in [2.45, 2.75) is 26.5 Å². The van der Waals surface area contributed by atoms with Gasteiger partial charge >= 0.3 is 6.61 Å². The molecule has 0 aliphatic carbocycles. The summed E-state index contributed by atoms with van der Waals surface area (Å²) in [6.07, 6.45) is 0.506. The average molecular weight is 406 g/mol. The minimum atomic E-state index is -2.90. The number of hydrogen-bond acceptors (Lipinski definition) is 4. The van der Waals surface area contributed by atoms with Crippen molar-refractivity contribution < 1.29 is 22.7 Å². The number of aromatic nitrogens is 1. The Balaban J connectivity index is 1.63. The van der Waals surface area contributed by atoms with Crippen LogP contribution in [0.15, 0.2) is 48.5 Å². The molecule has 28 heavy (non-hydrogen) atoms. The van der Waals surface area contributed by atoms with Gasteiger partial charge in [-0.2, -0.15) is 8.78 Å². The van der Waals surface area contributed by atoms with Crippen molar-refractivity contribution in [3.63, 3.8) is 0 Å². The van der Waals surface area contributed by atoms with E-state index in [4.69, 9.17) is 0 Å². The van der Waals surface area contributed by atoms with E-state index in [0.29, 0.717) is 22.6 Å². The lowest BCUT2D eigenvalue weighted by Gasteiger charge is -2.08. The summed E-state index contributed by atoms with van der Waals surface area (Å²) in [6, 6.07) is 12.3. The number of thiazole rings is 1. The summed E-state index contributed by atoms with van der Waals surface area (Å²) in [5, 5.41) is 3.51. The zero-order valence-corrected chi connectivity index (χ0v) is 15.7. The summed E-state index contributed by atoms with van der Waals surface area (Å²) in [5.74, 6) is -0.556. The van der Waals surface area contributed by atoms with E-state index in [1.165, 1.54) is 35.6 Å². The number of ether oxygens (including phenoxy) is 1. The van der Waals surface area contributed by atoms with Crippen LogP contribution in [0.2, 0.25) is 0 Å². The van der Waals surface area contributed by atoms with Crippen molar-refractivity contribution in [1.29, 1.82) is 0 Å². The highest BCUT2D eigenvalue weighted by molar-refractivity contribution is 7.13. The predicted octanol–water partition coefficient (Wildman–Crippen LogP) is 4.71. The molecule has 8 heteroatoms. The normalized spacial score (nSPS) is 10.9. The smallest absolute Gasteiger partial charge is 0.387 e. The first-order valence-electron chi connectivity index (χ1n) is 8.43. The first kappa shape index (κ1) is 19.9. The lowest BCUT2D eigenvalue weighted by Crippen LogP contribution is -2.22. The van der Waals surface area contributed by atoms with Gasteiger partial charge in [0.2, 0.25) is 0 Å². The molecule has 0 saturated carbocycles. The van der Waals surface area contributed by atoms with Crippen LogP contribution in [0, 0.1) is 12.7 Å². The molecule has 4 nitrogen and oxygen atoms in total. The Morgan fingerprint density at radius 2 is 1.93 bits per heavy atom. The van der Waals surface area contributed by atoms with Crippen LogP contribution in [0.3, 0.4) is 0 Å². The highest BCUT2D eigenvalue weighted by Gasteiger charge is 2.15. The molecule has 146 valence electrons. The Bertz CT molecular complexity index is 958. The molecule has 0 atom stereocenters. The molecule has 0 aliphatic rings. The molecule has 0 spiro atoms. The van der Waals surface area contributed by atoms with E-state index in [2.05, 4.69) is 15.0 Å². The van der Waals surface area contributed by atoms with Crippen LogP contribution in [-0.4, -0.2) is 17.5 Å². The number of nitrogens with one attached hydrogen (secondary N) is 1. The third kappa shape index (κ3) is 5.32. The Labute approximate surface area is 164 Å². The monoisotopic (exact) mass is 406 g/mol. The first-order chi connectivity index (χ1) is 13.4. The second-order valence-corrected chi connectivity index (χ2v) is 7.12. The molecule has 0 bridgehead atoms. The van der Waals surface area contributed by atoms with E-state index in [0.717, 1.165) is 10.6 Å². The van der Waals surface area contributed by atoms with Crippen molar-refractivity contribution >= 4 is 17.2 Å². The van der Waals surface area contributed by atoms with E-state index >= 15 is 0 Å². The number of halogens is 3. The van der Waals surface area contributed by atoms with Crippen LogP contribution in [-0.2, 0) is 13.0 Å². The molecule has 0 radical (unpaired) electrons. The minimum absolute atomic E-state index is 0.0392. The number of rotatable bonds is 7. The van der Waals surface area contributed by atoms with Crippen molar-refractivity contribution in [1.82, 2.24) is 10.3 Å². The molecule has 1 aromatic heterocycles. The molecular formula is C20H17F3N2O2S. The van der Waals surface area contributed by atoms with Crippen LogP contribution in [0.4, 0.5) is 13.2 Å². The van der Waals surface area contributed by atoms with Gasteiger partial charge in [-0.05, 0) is 42.3 Å². The third-order valence-electron chi connectivity index (χ3n) is 3.89. The maximum atomic E-state index is 13.0. The van der Waals surface area contributed by atoms with Gasteiger partial charge in [0.25, 0.3) is 5.91 Å². The number of aryl methyl sites for hydroxylation is 1. The van der Waals surface area contributed by atoms with Crippen molar-refractivity contribution in [3.8, 4) is 5.75 Å². The molecule has 3 aromatic rings. The van der Waals surface area contributed by atoms with Gasteiger partial charge < -0.3 is 10.1 Å². The number of benzene rings is 2. The van der Waals surface area contributed by atoms with Gasteiger partial charge in [-0.1, -0.05) is 24.3 Å². The fourth-order valence-electron chi connectivity index (χ4n) is 2.61. The Hall–Kier alpha value is -2.87. The zero-order valence-electron chi connectivity index (χ0n) is 14.9. The molecule has 1 N–H and O–H groups in total. The highest BCUT2D eigenvalue weighted by atomic mass is 32.1. The lowest BCUT2D eigenvalue weighted by molar-refractivity contribution is -0.0498. The summed E-state index contributed by atoms with van der Waals surface area (Å²) in [5.41, 5.74) is 2.15. The molecule has 0 unspecified atom stereocenters. The lowest BCUT2D eigenvalue weighted by atomic mass is 10.1. The summed E-state index contributed by atoms with van der Waals surface area (Å²) < 4.78 is 41.9. The number of alkyl halides is 2. The molecule has 0 aliphatic heterocycles. The molecular weight excluding hydrogens is 389 g/mol. The quantitative estimate of drug-likeness (QED) is 0.618. The number of carbonyl (C=O) groups excluding carboxylic acids is 1. The molecule has 1 amide bonds. The molecule has 0 fully saturated rings. The Morgan fingerprint density at radius 3 is 2.64 bits per heavy atom. The number of nitrogens with zero attached hydrogens (tertiary/aromatic N) is 1. The largest absolute Gasteiger partial charge is 0.435 e. The predicted molar refractivity (Wildman–Crippen MR) is 100 cm³/mol. The van der Waals surface area contributed by atoms with E-state index in [1.807, 2.05) is 0 Å². The Kier molecular flexibility index (Phi) is 6.30. The van der Waals surface area contributed by atoms with Gasteiger partial charge in [-0.25, -0.2) is 9.37 Å². The topological polar surface area (TPSA) is 51.2 Å². The maximum absolute atomic E-state index is 13.0. The average Bonchev–Trinajstić information content (AvgIpc) is 3.02. The van der Waals surface area contributed by atoms with Crippen molar-refractivity contribution in [2.75, 3.05) is 0 Å². The minimum Gasteiger partial charge on any atom is -0.435 e. The van der Waals surface area contributed by atoms with Gasteiger partial charge in [0.05, 0.1) is 10.7 Å². The van der Waals surface area contributed by atoms with Crippen molar-refractivity contribution in [2.24, 2.45) is 0 Å². The third-order valence-corrected chi connectivity index (χ3v) is 5.05. The van der Waals surface area contributed by atoms with Gasteiger partial charge in [-0.3, -0.25) is 4.79 Å². The van der Waals surface area contributed by atoms with Crippen molar-refractivity contribution in [3.05, 3.63) is 81.1 Å². The van der Waals surface area contributed by atoms with Gasteiger partial charge in [-0.15, -0.1) is 11.3 Å². The Morgan fingerprint density at radius 1 is 1.18 bits per heavy atom. The van der Waals surface area contributed by atoms with Gasteiger partial charge in [0.15, 0.2) is 0 Å². The summed E-state index contributed by atoms with van der Waals surface area (Å²) in [7, 11) is 0. The van der Waals surface area contributed by atoms with E-state index in [1.54, 1.807) is 31.2 Å². The number of hydrogen-bond donors (Lipinski definition) is 1. The SMILES string of the molecule is Cc1nc(Cc2ccc(F)cc2)sc1C(=O)NCc1cccc(OC(F)F)c1. The van der Waals surface area contributed by atoms with Crippen LogP contribution in [0.25, 0.3) is 0 Å². The highest BCUT2D eigenvalue weighted by Crippen LogP contribution is 2.21. The van der Waals surface area contributed by atoms with Gasteiger partial charge in [0, 0.05) is 13.0 Å². The second kappa shape index (κ2) is 8.88. The fourth-order valence-corrected chi connectivity index (χ4v) is 3.62. The first-order valence-corrected chi connectivity index (χ1v) is 9.25. The van der Waals surface area contributed by atoms with Crippen LogP contribution >= 0.6 is 11.3 Å². The summed E-state index contributed by atoms with van der Waals surface area (Å²) in [6.45, 7) is -0.982. The maximum Gasteiger partial charge on any atom is 0.387 e. The van der Waals surface area contributed by atoms with Gasteiger partial charge in [0.1, 0.15) is 16.4 Å². The standard InChI is InChI=1S/C20H17F3N2O2S/c1-12-18(28-17(25-12)10-13-5-7-15(21)8-6-13)19(26)24-11-14-3-2-4-16(9-14)27-20(22)23/h2-9,20H,10-11H2,1H3,(H,24,26). The summed E-state index contributed by atoms with van der Waals surface area (Å²) >= 11 is 1.27.